The van der Waals surface area contributed by atoms with Crippen molar-refractivity contribution in [1.29, 1.82) is 0 Å². The van der Waals surface area contributed by atoms with Gasteiger partial charge in [0.15, 0.2) is 6.61 Å². The molecule has 0 saturated carbocycles. The molecule has 34 heavy (non-hydrogen) atoms. The lowest BCUT2D eigenvalue weighted by atomic mass is 10.0. The Hall–Kier alpha value is -4.04. The van der Waals surface area contributed by atoms with Gasteiger partial charge < -0.3 is 19.7 Å². The summed E-state index contributed by atoms with van der Waals surface area (Å²) < 4.78 is 10.3. The van der Waals surface area contributed by atoms with Gasteiger partial charge in [-0.15, -0.1) is 0 Å². The molecule has 0 aromatic heterocycles. The summed E-state index contributed by atoms with van der Waals surface area (Å²) >= 11 is 0. The van der Waals surface area contributed by atoms with Gasteiger partial charge in [0.2, 0.25) is 0 Å². The van der Waals surface area contributed by atoms with Crippen LogP contribution in [0.4, 0.5) is 0 Å². The highest BCUT2D eigenvalue weighted by Crippen LogP contribution is 2.32. The largest absolute Gasteiger partial charge is 0.508 e. The van der Waals surface area contributed by atoms with Crippen molar-refractivity contribution in [2.24, 2.45) is 0 Å². The van der Waals surface area contributed by atoms with E-state index >= 15 is 0 Å². The van der Waals surface area contributed by atoms with E-state index < -0.39 is 23.8 Å². The van der Waals surface area contributed by atoms with Gasteiger partial charge in [-0.25, -0.2) is 9.59 Å². The number of ether oxygens (including phenoxy) is 2. The van der Waals surface area contributed by atoms with Crippen molar-refractivity contribution in [3.8, 4) is 11.5 Å². The fourth-order valence-corrected chi connectivity index (χ4v) is 3.33. The maximum atomic E-state index is 13.2. The number of hydrogen-bond donors (Lipinski definition) is 3. The van der Waals surface area contributed by atoms with E-state index in [2.05, 4.69) is 10.2 Å². The zero-order valence-electron chi connectivity index (χ0n) is 18.8. The maximum Gasteiger partial charge on any atom is 0.343 e. The van der Waals surface area contributed by atoms with E-state index in [9.17, 15) is 19.8 Å². The molecular weight excluding hydrogens is 438 g/mol. The number of methoxy groups -OCH3 is 1. The van der Waals surface area contributed by atoms with Crippen molar-refractivity contribution in [2.75, 3.05) is 13.7 Å². The third kappa shape index (κ3) is 6.98. The summed E-state index contributed by atoms with van der Waals surface area (Å²) in [4.78, 5) is 29.7. The molecule has 2 aromatic carbocycles. The summed E-state index contributed by atoms with van der Waals surface area (Å²) in [5.41, 5.74) is 3.93. The summed E-state index contributed by atoms with van der Waals surface area (Å²) in [7, 11) is 1.25. The van der Waals surface area contributed by atoms with E-state index in [0.717, 1.165) is 24.5 Å². The lowest BCUT2D eigenvalue weighted by molar-refractivity contribution is -0.147. The van der Waals surface area contributed by atoms with Crippen molar-refractivity contribution >= 4 is 18.0 Å². The third-order valence-electron chi connectivity index (χ3n) is 4.99. The van der Waals surface area contributed by atoms with Crippen LogP contribution in [0.3, 0.4) is 0 Å². The number of fused-ring (bicyclic) bond motifs is 1. The minimum atomic E-state index is -0.748. The molecule has 0 spiro atoms. The molecule has 0 aliphatic carbocycles. The molecule has 1 atom stereocenters. The predicted molar refractivity (Wildman–Crippen MR) is 126 cm³/mol. The molecule has 0 radical (unpaired) electrons. The SMILES string of the molecule is COC(=O)CON/C1=C\c2cc(O)cc(O)c2C(=O)OC(c2ccccc2)CC=CCCC=C1. The summed E-state index contributed by atoms with van der Waals surface area (Å²) in [5.74, 6) is -1.98. The van der Waals surface area contributed by atoms with Crippen LogP contribution in [0.1, 0.15) is 46.9 Å². The number of hydroxylamine groups is 1. The molecule has 1 unspecified atom stereocenters. The molecule has 0 amide bonds. The predicted octanol–water partition coefficient (Wildman–Crippen LogP) is 4.33. The molecule has 3 rings (SSSR count). The number of carbonyl (C=O) groups is 2. The average Bonchev–Trinajstić information content (AvgIpc) is 2.82. The van der Waals surface area contributed by atoms with Crippen LogP contribution in [0.5, 0.6) is 11.5 Å². The Kier molecular flexibility index (Phi) is 8.88. The van der Waals surface area contributed by atoms with Crippen molar-refractivity contribution in [3.05, 3.63) is 89.2 Å². The van der Waals surface area contributed by atoms with Gasteiger partial charge in [-0.3, -0.25) is 10.3 Å². The van der Waals surface area contributed by atoms with Gasteiger partial charge in [0.1, 0.15) is 23.2 Å². The molecule has 0 bridgehead atoms. The summed E-state index contributed by atoms with van der Waals surface area (Å²) in [6.45, 7) is -0.344. The Bertz CT molecular complexity index is 1090. The Morgan fingerprint density at radius 1 is 1.12 bits per heavy atom. The Balaban J connectivity index is 2.00. The minimum absolute atomic E-state index is 0.111. The van der Waals surface area contributed by atoms with Gasteiger partial charge in [-0.2, -0.15) is 0 Å². The first-order chi connectivity index (χ1) is 16.5. The molecule has 0 saturated heterocycles. The second kappa shape index (κ2) is 12.3. The van der Waals surface area contributed by atoms with Crippen LogP contribution in [0.25, 0.3) is 6.08 Å². The molecule has 8 nitrogen and oxygen atoms in total. The topological polar surface area (TPSA) is 114 Å². The van der Waals surface area contributed by atoms with Crippen LogP contribution < -0.4 is 5.48 Å². The van der Waals surface area contributed by atoms with Crippen LogP contribution in [0, 0.1) is 0 Å². The Morgan fingerprint density at radius 3 is 2.65 bits per heavy atom. The van der Waals surface area contributed by atoms with Crippen molar-refractivity contribution in [3.63, 3.8) is 0 Å². The van der Waals surface area contributed by atoms with Crippen LogP contribution in [0.2, 0.25) is 0 Å². The number of phenols is 2. The first-order valence-electron chi connectivity index (χ1n) is 10.8. The van der Waals surface area contributed by atoms with Gasteiger partial charge in [0.05, 0.1) is 12.8 Å². The lowest BCUT2D eigenvalue weighted by Crippen LogP contribution is -2.20. The number of esters is 2. The highest BCUT2D eigenvalue weighted by molar-refractivity contribution is 5.97. The number of cyclic esters (lactones) is 1. The van der Waals surface area contributed by atoms with Crippen molar-refractivity contribution < 1.29 is 34.1 Å². The normalized spacial score (nSPS) is 18.1. The fourth-order valence-electron chi connectivity index (χ4n) is 3.33. The molecule has 2 aromatic rings. The van der Waals surface area contributed by atoms with Crippen molar-refractivity contribution in [1.82, 2.24) is 5.48 Å². The molecule has 8 heteroatoms. The van der Waals surface area contributed by atoms with Crippen molar-refractivity contribution in [2.45, 2.75) is 25.4 Å². The first kappa shape index (κ1) is 24.6. The van der Waals surface area contributed by atoms with E-state index in [1.807, 2.05) is 48.6 Å². The molecule has 1 heterocycles. The number of carbonyl (C=O) groups excluding carboxylic acids is 2. The molecule has 0 fully saturated rings. The third-order valence-corrected chi connectivity index (χ3v) is 4.99. The van der Waals surface area contributed by atoms with Crippen LogP contribution >= 0.6 is 0 Å². The average molecular weight is 466 g/mol. The molecule has 1 aliphatic rings. The van der Waals surface area contributed by atoms with Crippen LogP contribution in [-0.2, 0) is 19.1 Å². The number of rotatable bonds is 5. The molecule has 1 aliphatic heterocycles. The second-order valence-corrected chi connectivity index (χ2v) is 7.49. The zero-order chi connectivity index (χ0) is 24.3. The lowest BCUT2D eigenvalue weighted by Gasteiger charge is -2.19. The van der Waals surface area contributed by atoms with E-state index in [1.54, 1.807) is 6.08 Å². The monoisotopic (exact) mass is 465 g/mol. The Labute approximate surface area is 197 Å². The van der Waals surface area contributed by atoms with Gasteiger partial charge in [0, 0.05) is 12.5 Å². The maximum absolute atomic E-state index is 13.2. The number of aromatic hydroxyl groups is 2. The number of hydrogen-bond acceptors (Lipinski definition) is 8. The van der Waals surface area contributed by atoms with E-state index in [1.165, 1.54) is 19.3 Å². The zero-order valence-corrected chi connectivity index (χ0v) is 18.8. The number of nitrogens with one attached hydrogen (secondary N) is 1. The minimum Gasteiger partial charge on any atom is -0.508 e. The summed E-state index contributed by atoms with van der Waals surface area (Å²) in [5, 5.41) is 20.5. The molecule has 3 N–H and O–H groups in total. The van der Waals surface area contributed by atoms with E-state index in [-0.39, 0.29) is 23.5 Å². The highest BCUT2D eigenvalue weighted by Gasteiger charge is 2.23. The van der Waals surface area contributed by atoms with E-state index in [0.29, 0.717) is 12.1 Å². The van der Waals surface area contributed by atoms with Gasteiger partial charge in [-0.1, -0.05) is 48.6 Å². The molecular formula is C26H27NO7. The van der Waals surface area contributed by atoms with Crippen LogP contribution in [0.15, 0.2) is 72.5 Å². The molecule has 178 valence electrons. The number of allylic oxidation sites excluding steroid dienone is 3. The van der Waals surface area contributed by atoms with E-state index in [4.69, 9.17) is 9.57 Å². The van der Waals surface area contributed by atoms with Gasteiger partial charge >= 0.3 is 11.9 Å². The second-order valence-electron chi connectivity index (χ2n) is 7.49. The standard InChI is InChI=1S/C26H27NO7/c1-32-24(30)17-33-27-20-12-8-3-2-4-9-13-23(18-10-6-5-7-11-18)34-26(31)25-19(14-20)15-21(28)16-22(25)29/h4-12,14-16,23,27-29H,2-3,13,17H2,1H3/b9-4?,12-8?,20-14-. The van der Waals surface area contributed by atoms with Gasteiger partial charge in [0.25, 0.3) is 0 Å². The van der Waals surface area contributed by atoms with Crippen LogP contribution in [-0.4, -0.2) is 35.9 Å². The highest BCUT2D eigenvalue weighted by atomic mass is 16.7. The quantitative estimate of drug-likeness (QED) is 0.340. The first-order valence-corrected chi connectivity index (χ1v) is 10.8. The number of benzene rings is 2. The number of phenolic OH excluding ortho intramolecular Hbond substituents is 2. The summed E-state index contributed by atoms with van der Waals surface area (Å²) in [6.07, 6.45) is 10.5. The fraction of sp³-hybridized carbons (Fsp3) is 0.231. The van der Waals surface area contributed by atoms with Gasteiger partial charge in [-0.05, 0) is 42.2 Å². The summed E-state index contributed by atoms with van der Waals surface area (Å²) in [6, 6.07) is 11.7. The Morgan fingerprint density at radius 2 is 1.88 bits per heavy atom. The smallest absolute Gasteiger partial charge is 0.343 e.